The minimum atomic E-state index is -0.382. The van der Waals surface area contributed by atoms with Crippen LogP contribution in [0.25, 0.3) is 10.9 Å². The Morgan fingerprint density at radius 1 is 1.19 bits per heavy atom. The zero-order chi connectivity index (χ0) is 20.7. The lowest BCUT2D eigenvalue weighted by molar-refractivity contribution is 0.102. The molecule has 2 aliphatic rings. The summed E-state index contributed by atoms with van der Waals surface area (Å²) in [6, 6.07) is 4.40. The Hall–Kier alpha value is -2.72. The highest BCUT2D eigenvalue weighted by atomic mass is 32.1. The lowest BCUT2D eigenvalue weighted by Gasteiger charge is -2.30. The number of nitrogens with zero attached hydrogens (tertiary/aromatic N) is 5. The molecule has 10 heteroatoms. The van der Waals surface area contributed by atoms with E-state index in [0.717, 1.165) is 48.2 Å². The zero-order valence-corrected chi connectivity index (χ0v) is 18.5. The number of aliphatic hydroxyl groups excluding tert-OH is 1. The second kappa shape index (κ2) is 8.80. The molecule has 0 bridgehead atoms. The van der Waals surface area contributed by atoms with Crippen LogP contribution in [-0.2, 0) is 7.05 Å². The van der Waals surface area contributed by atoms with Gasteiger partial charge < -0.3 is 24.6 Å². The Morgan fingerprint density at radius 3 is 2.74 bits per heavy atom. The summed E-state index contributed by atoms with van der Waals surface area (Å²) in [5.74, 6) is -0.314. The number of benzene rings is 1. The van der Waals surface area contributed by atoms with Crippen LogP contribution < -0.4 is 15.1 Å². The summed E-state index contributed by atoms with van der Waals surface area (Å²) < 4.78 is 7.28. The van der Waals surface area contributed by atoms with E-state index in [1.807, 2.05) is 24.2 Å². The van der Waals surface area contributed by atoms with Gasteiger partial charge in [-0.3, -0.25) is 9.48 Å². The van der Waals surface area contributed by atoms with Crippen molar-refractivity contribution in [3.05, 3.63) is 30.3 Å². The molecule has 0 radical (unpaired) electrons. The fourth-order valence-electron chi connectivity index (χ4n) is 4.30. The Bertz CT molecular complexity index is 1070. The average molecular weight is 445 g/mol. The maximum Gasteiger partial charge on any atom is 0.298 e. The monoisotopic (exact) mass is 444 g/mol. The number of oxazole rings is 1. The smallest absolute Gasteiger partial charge is 0.298 e. The van der Waals surface area contributed by atoms with E-state index in [-0.39, 0.29) is 31.2 Å². The van der Waals surface area contributed by atoms with Crippen LogP contribution in [0.2, 0.25) is 0 Å². The highest BCUT2D eigenvalue weighted by molar-refractivity contribution is 7.59. The van der Waals surface area contributed by atoms with Crippen molar-refractivity contribution >= 4 is 47.7 Å². The Morgan fingerprint density at radius 2 is 2.00 bits per heavy atom. The second-order valence-electron chi connectivity index (χ2n) is 8.14. The maximum atomic E-state index is 12.9. The molecule has 2 saturated heterocycles. The molecule has 5 rings (SSSR count). The minimum absolute atomic E-state index is 0. The van der Waals surface area contributed by atoms with Crippen molar-refractivity contribution in [2.45, 2.75) is 31.8 Å². The minimum Gasteiger partial charge on any atom is -0.431 e. The van der Waals surface area contributed by atoms with E-state index in [1.54, 1.807) is 4.68 Å². The van der Waals surface area contributed by atoms with Crippen molar-refractivity contribution < 1.29 is 14.3 Å². The summed E-state index contributed by atoms with van der Waals surface area (Å²) in [7, 11) is 1.89. The van der Waals surface area contributed by atoms with Crippen molar-refractivity contribution in [1.82, 2.24) is 14.8 Å². The summed E-state index contributed by atoms with van der Waals surface area (Å²) in [5.41, 5.74) is 2.87. The van der Waals surface area contributed by atoms with Gasteiger partial charge in [-0.2, -0.15) is 23.6 Å². The predicted molar refractivity (Wildman–Crippen MR) is 124 cm³/mol. The quantitative estimate of drug-likeness (QED) is 0.638. The molecule has 4 heterocycles. The third kappa shape index (κ3) is 4.35. The summed E-state index contributed by atoms with van der Waals surface area (Å²) in [6.45, 7) is 3.07. The molecule has 2 fully saturated rings. The van der Waals surface area contributed by atoms with E-state index in [9.17, 15) is 9.90 Å². The van der Waals surface area contributed by atoms with Gasteiger partial charge >= 0.3 is 0 Å². The first-order valence-electron chi connectivity index (χ1n) is 10.5. The molecule has 1 amide bonds. The third-order valence-electron chi connectivity index (χ3n) is 5.84. The highest BCUT2D eigenvalue weighted by Crippen LogP contribution is 2.33. The van der Waals surface area contributed by atoms with Crippen molar-refractivity contribution in [1.29, 1.82) is 0 Å². The summed E-state index contributed by atoms with van der Waals surface area (Å²) in [6.07, 6.45) is 7.12. The molecule has 1 aromatic carbocycles. The van der Waals surface area contributed by atoms with Gasteiger partial charge in [0.1, 0.15) is 6.26 Å². The number of hydrogen-bond donors (Lipinski definition) is 2. The Labute approximate surface area is 187 Å². The van der Waals surface area contributed by atoms with Gasteiger partial charge in [-0.1, -0.05) is 0 Å². The van der Waals surface area contributed by atoms with E-state index >= 15 is 0 Å². The van der Waals surface area contributed by atoms with Crippen molar-refractivity contribution in [3.63, 3.8) is 0 Å². The summed E-state index contributed by atoms with van der Waals surface area (Å²) >= 11 is 0. The van der Waals surface area contributed by atoms with Crippen LogP contribution in [0.15, 0.2) is 29.0 Å². The van der Waals surface area contributed by atoms with Crippen molar-refractivity contribution in [3.8, 4) is 0 Å². The molecule has 0 unspecified atom stereocenters. The third-order valence-corrected chi connectivity index (χ3v) is 5.84. The Kier molecular flexibility index (Phi) is 6.10. The second-order valence-corrected chi connectivity index (χ2v) is 8.14. The van der Waals surface area contributed by atoms with Crippen LogP contribution in [0.3, 0.4) is 0 Å². The fraction of sp³-hybridized carbons (Fsp3) is 0.476. The number of rotatable bonds is 4. The molecular weight excluding hydrogens is 416 g/mol. The van der Waals surface area contributed by atoms with E-state index in [4.69, 9.17) is 4.42 Å². The van der Waals surface area contributed by atoms with Crippen LogP contribution in [0.5, 0.6) is 0 Å². The molecule has 166 valence electrons. The molecule has 1 atom stereocenters. The first kappa shape index (κ1) is 21.5. The molecule has 0 saturated carbocycles. The maximum absolute atomic E-state index is 12.9. The lowest BCUT2D eigenvalue weighted by atomic mass is 10.1. The first-order valence-corrected chi connectivity index (χ1v) is 10.5. The van der Waals surface area contributed by atoms with Gasteiger partial charge in [0.25, 0.3) is 11.9 Å². The SMILES string of the molecule is Cn1cc2cc(NC(=O)c3coc(N4CC[C@H](O)C4)n3)c(N3CCCCC3)cc2n1.S. The number of amides is 1. The molecule has 2 aromatic heterocycles. The number of carbonyl (C=O) groups excluding carboxylic acids is 1. The van der Waals surface area contributed by atoms with Gasteiger partial charge in [-0.05, 0) is 37.8 Å². The van der Waals surface area contributed by atoms with Gasteiger partial charge in [-0.15, -0.1) is 0 Å². The number of fused-ring (bicyclic) bond motifs is 1. The van der Waals surface area contributed by atoms with Gasteiger partial charge in [0.2, 0.25) is 0 Å². The van der Waals surface area contributed by atoms with Gasteiger partial charge in [0, 0.05) is 44.8 Å². The van der Waals surface area contributed by atoms with Crippen LogP contribution in [-0.4, -0.2) is 58.1 Å². The number of aromatic nitrogens is 3. The summed E-state index contributed by atoms with van der Waals surface area (Å²) in [5, 5.41) is 18.2. The van der Waals surface area contributed by atoms with Crippen molar-refractivity contribution in [2.24, 2.45) is 7.05 Å². The van der Waals surface area contributed by atoms with Gasteiger partial charge in [0.15, 0.2) is 5.69 Å². The van der Waals surface area contributed by atoms with E-state index in [0.29, 0.717) is 25.5 Å². The number of carbonyl (C=O) groups is 1. The van der Waals surface area contributed by atoms with Crippen LogP contribution in [0, 0.1) is 0 Å². The number of nitrogens with one attached hydrogen (secondary N) is 1. The number of piperidine rings is 1. The lowest BCUT2D eigenvalue weighted by Crippen LogP contribution is -2.30. The molecule has 3 aromatic rings. The number of aryl methyl sites for hydroxylation is 1. The molecule has 2 aliphatic heterocycles. The molecule has 2 N–H and O–H groups in total. The molecular formula is C21H28N6O3S. The standard InChI is InChI=1S/C21H26N6O3.H2S/c1-25-11-14-9-17(19(10-16(14)24-25)26-6-3-2-4-7-26)22-20(29)18-13-30-21(23-18)27-8-5-15(28)12-27;/h9-11,13,15,28H,2-8,12H2,1H3,(H,22,29);1H2/t15-;/m0./s1. The van der Waals surface area contributed by atoms with E-state index in [2.05, 4.69) is 26.4 Å². The number of anilines is 3. The fourth-order valence-corrected chi connectivity index (χ4v) is 4.30. The molecule has 31 heavy (non-hydrogen) atoms. The average Bonchev–Trinajstić information content (AvgIpc) is 3.46. The zero-order valence-electron chi connectivity index (χ0n) is 17.5. The number of hydrogen-bond acceptors (Lipinski definition) is 7. The Balaban J connectivity index is 0.00000231. The van der Waals surface area contributed by atoms with Crippen LogP contribution in [0.1, 0.15) is 36.2 Å². The largest absolute Gasteiger partial charge is 0.431 e. The van der Waals surface area contributed by atoms with E-state index in [1.165, 1.54) is 12.7 Å². The first-order chi connectivity index (χ1) is 14.6. The molecule has 0 spiro atoms. The van der Waals surface area contributed by atoms with Crippen LogP contribution in [0.4, 0.5) is 17.4 Å². The normalized spacial score (nSPS) is 19.0. The van der Waals surface area contributed by atoms with Crippen LogP contribution >= 0.6 is 13.5 Å². The van der Waals surface area contributed by atoms with Crippen molar-refractivity contribution in [2.75, 3.05) is 41.3 Å². The number of aliphatic hydroxyl groups is 1. The van der Waals surface area contributed by atoms with E-state index < -0.39 is 0 Å². The summed E-state index contributed by atoms with van der Waals surface area (Å²) in [4.78, 5) is 21.4. The van der Waals surface area contributed by atoms with Gasteiger partial charge in [-0.25, -0.2) is 0 Å². The topological polar surface area (TPSA) is 99.7 Å². The highest BCUT2D eigenvalue weighted by Gasteiger charge is 2.25. The van der Waals surface area contributed by atoms with Gasteiger partial charge in [0.05, 0.1) is 23.0 Å². The molecule has 9 nitrogen and oxygen atoms in total. The number of β-amino-alcohol motifs (C(OH)–C–C–N with tert-alkyl or cyclic N) is 1. The molecule has 0 aliphatic carbocycles. The predicted octanol–water partition coefficient (Wildman–Crippen LogP) is 2.49.